The van der Waals surface area contributed by atoms with E-state index >= 15 is 0 Å². The minimum absolute atomic E-state index is 0.0476. The maximum absolute atomic E-state index is 12.8. The van der Waals surface area contributed by atoms with Crippen LogP contribution in [0.1, 0.15) is 18.3 Å². The van der Waals surface area contributed by atoms with Crippen molar-refractivity contribution in [2.45, 2.75) is 36.3 Å². The molecule has 0 spiro atoms. The number of carbonyl (C=O) groups is 4. The van der Waals surface area contributed by atoms with Crippen LogP contribution in [-0.2, 0) is 36.8 Å². The maximum Gasteiger partial charge on any atom is 0.352 e. The average Bonchev–Trinajstić information content (AvgIpc) is 3.43. The van der Waals surface area contributed by atoms with Crippen LogP contribution < -0.4 is 5.32 Å². The number of aromatic nitrogens is 3. The fraction of sp³-hybridized carbons (Fsp3) is 0.400. The van der Waals surface area contributed by atoms with Gasteiger partial charge in [-0.25, -0.2) is 9.78 Å². The van der Waals surface area contributed by atoms with Gasteiger partial charge < -0.3 is 20.3 Å². The number of carbonyl (C=O) groups excluding carboxylic acids is 3. The molecule has 2 aliphatic heterocycles. The van der Waals surface area contributed by atoms with Crippen LogP contribution in [0.15, 0.2) is 27.9 Å². The summed E-state index contributed by atoms with van der Waals surface area (Å²) in [6.07, 6.45) is -0.127. The summed E-state index contributed by atoms with van der Waals surface area (Å²) in [5, 5.41) is 30.4. The van der Waals surface area contributed by atoms with Crippen LogP contribution in [0, 0.1) is 0 Å². The Hall–Kier alpha value is -3.04. The van der Waals surface area contributed by atoms with E-state index in [0.29, 0.717) is 27.9 Å². The fourth-order valence-electron chi connectivity index (χ4n) is 3.58. The number of nitrogens with one attached hydrogen (secondary N) is 2. The predicted octanol–water partition coefficient (Wildman–Crippen LogP) is 0.751. The molecule has 1 unspecified atom stereocenters. The van der Waals surface area contributed by atoms with Gasteiger partial charge in [-0.3, -0.25) is 24.4 Å². The Labute approximate surface area is 211 Å². The molecule has 2 aromatic rings. The van der Waals surface area contributed by atoms with Crippen LogP contribution in [0.3, 0.4) is 0 Å². The quantitative estimate of drug-likeness (QED) is 0.190. The van der Waals surface area contributed by atoms with Gasteiger partial charge in [-0.15, -0.1) is 28.2 Å². The molecule has 0 aliphatic carbocycles. The molecular weight excluding hydrogens is 518 g/mol. The Morgan fingerprint density at radius 3 is 2.86 bits per heavy atom. The molecule has 186 valence electrons. The zero-order chi connectivity index (χ0) is 25.1. The molecule has 0 saturated carbocycles. The zero-order valence-corrected chi connectivity index (χ0v) is 20.8. The molecular formula is C20H21N5O7S3. The molecule has 2 amide bonds. The molecule has 2 aliphatic rings. The number of H-pyrrole nitrogens is 1. The van der Waals surface area contributed by atoms with E-state index in [9.17, 15) is 29.4 Å². The van der Waals surface area contributed by atoms with E-state index in [4.69, 9.17) is 4.74 Å². The Balaban J connectivity index is 1.38. The molecule has 4 heterocycles. The van der Waals surface area contributed by atoms with Crippen LogP contribution in [0.5, 0.6) is 5.06 Å². The highest BCUT2D eigenvalue weighted by Gasteiger charge is 2.54. The van der Waals surface area contributed by atoms with E-state index in [-0.39, 0.29) is 36.0 Å². The van der Waals surface area contributed by atoms with Gasteiger partial charge in [0, 0.05) is 17.1 Å². The number of fused-ring (bicyclic) bond motifs is 1. The third kappa shape index (κ3) is 5.46. The molecule has 15 heteroatoms. The van der Waals surface area contributed by atoms with Gasteiger partial charge in [0.15, 0.2) is 5.06 Å². The van der Waals surface area contributed by atoms with Crippen molar-refractivity contribution in [1.29, 1.82) is 0 Å². The predicted molar refractivity (Wildman–Crippen MR) is 127 cm³/mol. The van der Waals surface area contributed by atoms with E-state index < -0.39 is 35.2 Å². The third-order valence-corrected chi connectivity index (χ3v) is 8.18. The first kappa shape index (κ1) is 25.1. The van der Waals surface area contributed by atoms with Gasteiger partial charge in [-0.1, -0.05) is 11.8 Å². The van der Waals surface area contributed by atoms with Gasteiger partial charge in [0.25, 0.3) is 5.91 Å². The molecule has 4 rings (SSSR count). The van der Waals surface area contributed by atoms with E-state index in [0.717, 1.165) is 11.3 Å². The number of ether oxygens (including phenoxy) is 1. The molecule has 0 radical (unpaired) electrons. The lowest BCUT2D eigenvalue weighted by atomic mass is 10.0. The van der Waals surface area contributed by atoms with Crippen molar-refractivity contribution in [2.24, 2.45) is 0 Å². The number of aromatic amines is 1. The van der Waals surface area contributed by atoms with Crippen LogP contribution in [-0.4, -0.2) is 83.6 Å². The molecule has 1 fully saturated rings. The van der Waals surface area contributed by atoms with Crippen LogP contribution >= 0.6 is 34.9 Å². The van der Waals surface area contributed by atoms with E-state index in [1.54, 1.807) is 18.4 Å². The number of hydrogen-bond donors (Lipinski definition) is 4. The van der Waals surface area contributed by atoms with Crippen LogP contribution in [0.2, 0.25) is 0 Å². The van der Waals surface area contributed by atoms with Crippen LogP contribution in [0.4, 0.5) is 0 Å². The lowest BCUT2D eigenvalue weighted by molar-refractivity contribution is -0.150. The highest BCUT2D eigenvalue weighted by Crippen LogP contribution is 2.41. The summed E-state index contributed by atoms with van der Waals surface area (Å²) >= 11 is 3.65. The largest absolute Gasteiger partial charge is 0.499 e. The van der Waals surface area contributed by atoms with Gasteiger partial charge in [0.2, 0.25) is 11.1 Å². The lowest BCUT2D eigenvalue weighted by Crippen LogP contribution is -2.70. The first-order valence-electron chi connectivity index (χ1n) is 10.4. The average molecular weight is 540 g/mol. The smallest absolute Gasteiger partial charge is 0.352 e. The number of aromatic hydroxyl groups is 1. The first-order chi connectivity index (χ1) is 16.8. The Bertz CT molecular complexity index is 1190. The Kier molecular flexibility index (Phi) is 7.66. The second kappa shape index (κ2) is 10.7. The van der Waals surface area contributed by atoms with Crippen molar-refractivity contribution >= 4 is 58.6 Å². The van der Waals surface area contributed by atoms with Crippen molar-refractivity contribution in [3.8, 4) is 5.06 Å². The van der Waals surface area contributed by atoms with E-state index in [1.165, 1.54) is 28.4 Å². The summed E-state index contributed by atoms with van der Waals surface area (Å²) in [5.41, 5.74) is 0.895. The number of amides is 2. The van der Waals surface area contributed by atoms with Gasteiger partial charge in [-0.2, -0.15) is 0 Å². The van der Waals surface area contributed by atoms with Crippen molar-refractivity contribution < 1.29 is 34.1 Å². The highest BCUT2D eigenvalue weighted by molar-refractivity contribution is 8.01. The van der Waals surface area contributed by atoms with Gasteiger partial charge in [-0.05, 0) is 23.9 Å². The van der Waals surface area contributed by atoms with Gasteiger partial charge in [0.1, 0.15) is 29.4 Å². The summed E-state index contributed by atoms with van der Waals surface area (Å²) in [4.78, 5) is 54.1. The van der Waals surface area contributed by atoms with Crippen LogP contribution in [0.25, 0.3) is 0 Å². The number of aliphatic carboxylic acids is 1. The normalized spacial score (nSPS) is 19.2. The molecule has 2 aromatic heterocycles. The minimum atomic E-state index is -1.23. The number of nitrogens with zero attached hydrogens (tertiary/aromatic N) is 3. The number of rotatable bonds is 10. The molecule has 12 nitrogen and oxygen atoms in total. The lowest BCUT2D eigenvalue weighted by Gasteiger charge is -2.49. The molecule has 2 atom stereocenters. The standard InChI is InChI=1S/C20H21N5O7S3/c1-2-32-13(27)6-11-21-20(24-23-11)35-8-10-7-34-17-14(16(28)25(17)15(10)18(29)30)22-12(26)5-9-3-4-33-19(9)31/h3-4,14,17,31H,2,5-8H2,1H3,(H,22,26)(H,29,30)(H,21,23,24)/t14?,17-/m0/s1. The minimum Gasteiger partial charge on any atom is -0.499 e. The van der Waals surface area contributed by atoms with Gasteiger partial charge >= 0.3 is 11.9 Å². The number of carboxylic acids is 1. The van der Waals surface area contributed by atoms with E-state index in [2.05, 4.69) is 20.5 Å². The van der Waals surface area contributed by atoms with E-state index in [1.807, 2.05) is 0 Å². The van der Waals surface area contributed by atoms with Crippen molar-refractivity contribution in [2.75, 3.05) is 18.1 Å². The molecule has 4 N–H and O–H groups in total. The second-order valence-corrected chi connectivity index (χ2v) is 10.4. The monoisotopic (exact) mass is 539 g/mol. The van der Waals surface area contributed by atoms with Crippen molar-refractivity contribution in [1.82, 2.24) is 25.4 Å². The number of thioether (sulfide) groups is 2. The number of β-lactam (4-membered cyclic amide) rings is 1. The summed E-state index contributed by atoms with van der Waals surface area (Å²) in [6.45, 7) is 1.97. The number of esters is 1. The summed E-state index contributed by atoms with van der Waals surface area (Å²) in [7, 11) is 0. The Morgan fingerprint density at radius 2 is 2.17 bits per heavy atom. The Morgan fingerprint density at radius 1 is 1.37 bits per heavy atom. The third-order valence-electron chi connectivity index (χ3n) is 5.14. The summed E-state index contributed by atoms with van der Waals surface area (Å²) in [6, 6.07) is 0.794. The first-order valence-corrected chi connectivity index (χ1v) is 13.3. The highest BCUT2D eigenvalue weighted by atomic mass is 32.2. The molecule has 35 heavy (non-hydrogen) atoms. The number of hydrogen-bond acceptors (Lipinski definition) is 11. The van der Waals surface area contributed by atoms with Gasteiger partial charge in [0.05, 0.1) is 13.0 Å². The topological polar surface area (TPSA) is 175 Å². The summed E-state index contributed by atoms with van der Waals surface area (Å²) < 4.78 is 4.87. The zero-order valence-electron chi connectivity index (χ0n) is 18.3. The van der Waals surface area contributed by atoms with Crippen molar-refractivity contribution in [3.63, 3.8) is 0 Å². The second-order valence-electron chi connectivity index (χ2n) is 7.48. The fourth-order valence-corrected chi connectivity index (χ4v) is 6.53. The number of thiophene rings is 1. The SMILES string of the molecule is CCOC(=O)Cc1nc(SCC2=C(C(=O)O)N3C(=O)C(NC(=O)Cc4ccsc4O)[C@@H]3SC2)n[nH]1. The molecule has 0 bridgehead atoms. The summed E-state index contributed by atoms with van der Waals surface area (Å²) in [5.74, 6) is -1.68. The molecule has 1 saturated heterocycles. The maximum atomic E-state index is 12.8. The molecule has 0 aromatic carbocycles. The van der Waals surface area contributed by atoms with Crippen molar-refractivity contribution in [3.05, 3.63) is 34.1 Å². The number of carboxylic acid groups (broad SMARTS) is 1.